The van der Waals surface area contributed by atoms with Gasteiger partial charge in [0.05, 0.1) is 17.9 Å². The molecule has 0 fully saturated rings. The fourth-order valence-corrected chi connectivity index (χ4v) is 5.37. The number of nitrogens with one attached hydrogen (secondary N) is 1. The molecule has 0 aliphatic carbocycles. The predicted octanol–water partition coefficient (Wildman–Crippen LogP) is 4.49. The van der Waals surface area contributed by atoms with Gasteiger partial charge >= 0.3 is 0 Å². The Morgan fingerprint density at radius 1 is 1.09 bits per heavy atom. The highest BCUT2D eigenvalue weighted by Crippen LogP contribution is 2.34. The van der Waals surface area contributed by atoms with Crippen molar-refractivity contribution < 1.29 is 4.79 Å². The zero-order chi connectivity index (χ0) is 23.3. The molecule has 0 saturated heterocycles. The van der Waals surface area contributed by atoms with Crippen LogP contribution in [0.1, 0.15) is 34.7 Å². The van der Waals surface area contributed by atoms with E-state index in [-0.39, 0.29) is 23.9 Å². The number of amides is 1. The summed E-state index contributed by atoms with van der Waals surface area (Å²) >= 11 is 1.50. The Morgan fingerprint density at radius 2 is 1.85 bits per heavy atom. The van der Waals surface area contributed by atoms with Crippen molar-refractivity contribution in [1.82, 2.24) is 19.3 Å². The fourth-order valence-electron chi connectivity index (χ4n) is 4.24. The van der Waals surface area contributed by atoms with Crippen molar-refractivity contribution in [2.24, 2.45) is 0 Å². The van der Waals surface area contributed by atoms with Crippen LogP contribution in [0.2, 0.25) is 0 Å². The van der Waals surface area contributed by atoms with Crippen LogP contribution in [-0.2, 0) is 4.79 Å². The maximum Gasteiger partial charge on any atom is 0.265 e. The molecule has 0 bridgehead atoms. The van der Waals surface area contributed by atoms with Crippen LogP contribution in [0.4, 0.5) is 5.69 Å². The van der Waals surface area contributed by atoms with Gasteiger partial charge in [0.2, 0.25) is 5.91 Å². The minimum Gasteiger partial charge on any atom is -0.326 e. The normalized spacial score (nSPS) is 15.1. The Morgan fingerprint density at radius 3 is 2.58 bits per heavy atom. The van der Waals surface area contributed by atoms with Crippen LogP contribution in [-0.4, -0.2) is 31.0 Å². The number of aromatic nitrogens is 4. The molecule has 7 nitrogen and oxygen atoms in total. The third kappa shape index (κ3) is 3.74. The van der Waals surface area contributed by atoms with Gasteiger partial charge in [0, 0.05) is 17.9 Å². The van der Waals surface area contributed by atoms with E-state index >= 15 is 0 Å². The van der Waals surface area contributed by atoms with Gasteiger partial charge in [0.1, 0.15) is 5.39 Å². The number of benzene rings is 2. The molecule has 4 aromatic rings. The monoisotopic (exact) mass is 459 g/mol. The van der Waals surface area contributed by atoms with Gasteiger partial charge in [-0.2, -0.15) is 5.10 Å². The zero-order valence-electron chi connectivity index (χ0n) is 19.0. The Kier molecular flexibility index (Phi) is 5.32. The molecule has 3 heterocycles. The largest absolute Gasteiger partial charge is 0.326 e. The number of carbonyl (C=O) groups excluding carboxylic acids is 1. The third-order valence-electron chi connectivity index (χ3n) is 6.27. The van der Waals surface area contributed by atoms with Gasteiger partial charge in [0.15, 0.2) is 10.8 Å². The molecule has 8 heteroatoms. The van der Waals surface area contributed by atoms with E-state index in [0.29, 0.717) is 21.9 Å². The molecule has 2 aromatic heterocycles. The molecule has 1 aliphatic rings. The summed E-state index contributed by atoms with van der Waals surface area (Å²) in [5.74, 6) is 0.523. The molecule has 1 N–H and O–H groups in total. The van der Waals surface area contributed by atoms with E-state index in [9.17, 15) is 9.59 Å². The number of aryl methyl sites for hydroxylation is 4. The van der Waals surface area contributed by atoms with E-state index in [4.69, 9.17) is 4.98 Å². The molecular weight excluding hydrogens is 434 g/mol. The molecule has 168 valence electrons. The topological polar surface area (TPSA) is 81.8 Å². The van der Waals surface area contributed by atoms with Gasteiger partial charge in [-0.15, -0.1) is 0 Å². The van der Waals surface area contributed by atoms with E-state index in [2.05, 4.69) is 24.3 Å². The molecule has 1 aliphatic heterocycles. The van der Waals surface area contributed by atoms with Crippen molar-refractivity contribution in [3.8, 4) is 5.69 Å². The third-order valence-corrected chi connectivity index (χ3v) is 7.37. The average Bonchev–Trinajstić information content (AvgIpc) is 3.38. The van der Waals surface area contributed by atoms with Crippen LogP contribution in [0.5, 0.6) is 0 Å². The molecule has 0 radical (unpaired) electrons. The standard InChI is InChI=1S/C25H25N5O2S/c1-14-8-9-18(10-17(14)4)30-23-20(12-26-30)24(32)29-19(13-33-25(29)28-23)11-21(31)27-22-15(2)6-5-7-16(22)3/h5-10,12,19H,11,13H2,1-4H3,(H,27,31). The van der Waals surface area contributed by atoms with Gasteiger partial charge in [0.25, 0.3) is 5.56 Å². The number of carbonyl (C=O) groups is 1. The SMILES string of the molecule is Cc1ccc(-n2ncc3c(=O)n4c(nc32)SCC4CC(=O)Nc2c(C)cccc2C)cc1C. The molecule has 1 atom stereocenters. The lowest BCUT2D eigenvalue weighted by Gasteiger charge is -2.15. The lowest BCUT2D eigenvalue weighted by molar-refractivity contribution is -0.116. The maximum atomic E-state index is 13.4. The Bertz CT molecular complexity index is 1450. The number of nitrogens with zero attached hydrogens (tertiary/aromatic N) is 4. The van der Waals surface area contributed by atoms with Crippen molar-refractivity contribution in [1.29, 1.82) is 0 Å². The summed E-state index contributed by atoms with van der Waals surface area (Å²) in [6.07, 6.45) is 1.79. The van der Waals surface area contributed by atoms with Crippen molar-refractivity contribution in [3.63, 3.8) is 0 Å². The lowest BCUT2D eigenvalue weighted by Crippen LogP contribution is -2.28. The number of hydrogen-bond donors (Lipinski definition) is 1. The first-order chi connectivity index (χ1) is 15.8. The van der Waals surface area contributed by atoms with Gasteiger partial charge in [-0.3, -0.25) is 14.2 Å². The van der Waals surface area contributed by atoms with Gasteiger partial charge in [-0.1, -0.05) is 36.0 Å². The Labute approximate surface area is 195 Å². The molecule has 1 amide bonds. The molecule has 0 spiro atoms. The number of hydrogen-bond acceptors (Lipinski definition) is 5. The number of rotatable bonds is 4. The Hall–Kier alpha value is -3.39. The average molecular weight is 460 g/mol. The molecular formula is C25H25N5O2S. The van der Waals surface area contributed by atoms with Gasteiger partial charge < -0.3 is 5.32 Å². The van der Waals surface area contributed by atoms with E-state index in [1.165, 1.54) is 17.3 Å². The van der Waals surface area contributed by atoms with Crippen molar-refractivity contribution in [3.05, 3.63) is 75.2 Å². The van der Waals surface area contributed by atoms with Crippen LogP contribution in [0.25, 0.3) is 16.7 Å². The maximum absolute atomic E-state index is 13.4. The van der Waals surface area contributed by atoms with Crippen LogP contribution >= 0.6 is 11.8 Å². The molecule has 5 rings (SSSR count). The second kappa shape index (κ2) is 8.19. The smallest absolute Gasteiger partial charge is 0.265 e. The van der Waals surface area contributed by atoms with E-state index in [1.54, 1.807) is 15.4 Å². The van der Waals surface area contributed by atoms with Crippen molar-refractivity contribution >= 4 is 34.4 Å². The minimum absolute atomic E-state index is 0.108. The first-order valence-electron chi connectivity index (χ1n) is 10.9. The first kappa shape index (κ1) is 21.5. The number of thioether (sulfide) groups is 1. The fraction of sp³-hybridized carbons (Fsp3) is 0.280. The van der Waals surface area contributed by atoms with Crippen LogP contribution in [0.3, 0.4) is 0 Å². The predicted molar refractivity (Wildman–Crippen MR) is 132 cm³/mol. The summed E-state index contributed by atoms with van der Waals surface area (Å²) in [5, 5.41) is 8.56. The molecule has 1 unspecified atom stereocenters. The second-order valence-electron chi connectivity index (χ2n) is 8.62. The minimum atomic E-state index is -0.247. The summed E-state index contributed by atoms with van der Waals surface area (Å²) in [5.41, 5.74) is 6.48. The highest BCUT2D eigenvalue weighted by Gasteiger charge is 2.30. The van der Waals surface area contributed by atoms with Gasteiger partial charge in [-0.25, -0.2) is 9.67 Å². The highest BCUT2D eigenvalue weighted by molar-refractivity contribution is 7.99. The summed E-state index contributed by atoms with van der Waals surface area (Å²) in [6.45, 7) is 8.06. The summed E-state index contributed by atoms with van der Waals surface area (Å²) in [4.78, 5) is 31.0. The first-order valence-corrected chi connectivity index (χ1v) is 11.9. The van der Waals surface area contributed by atoms with E-state index in [1.807, 2.05) is 50.2 Å². The second-order valence-corrected chi connectivity index (χ2v) is 9.60. The Balaban J connectivity index is 1.46. The summed E-state index contributed by atoms with van der Waals surface area (Å²) in [7, 11) is 0. The zero-order valence-corrected chi connectivity index (χ0v) is 19.9. The number of anilines is 1. The molecule has 2 aromatic carbocycles. The summed E-state index contributed by atoms with van der Waals surface area (Å²) < 4.78 is 3.37. The van der Waals surface area contributed by atoms with Crippen molar-refractivity contribution in [2.45, 2.75) is 45.3 Å². The van der Waals surface area contributed by atoms with Crippen LogP contribution in [0.15, 0.2) is 52.5 Å². The quantitative estimate of drug-likeness (QED) is 0.455. The van der Waals surface area contributed by atoms with Crippen molar-refractivity contribution in [2.75, 3.05) is 11.1 Å². The van der Waals surface area contributed by atoms with E-state index in [0.717, 1.165) is 28.1 Å². The van der Waals surface area contributed by atoms with Gasteiger partial charge in [-0.05, 0) is 62.1 Å². The molecule has 0 saturated carbocycles. The number of para-hydroxylation sites is 1. The van der Waals surface area contributed by atoms with E-state index < -0.39 is 0 Å². The summed E-state index contributed by atoms with van der Waals surface area (Å²) in [6, 6.07) is 11.7. The lowest BCUT2D eigenvalue weighted by atomic mass is 10.1. The number of fused-ring (bicyclic) bond motifs is 2. The van der Waals surface area contributed by atoms with Crippen LogP contribution in [0, 0.1) is 27.7 Å². The molecule has 33 heavy (non-hydrogen) atoms. The van der Waals surface area contributed by atoms with Crippen LogP contribution < -0.4 is 10.9 Å². The highest BCUT2D eigenvalue weighted by atomic mass is 32.2.